The standard InChI is InChI=1S/C12H17NO2/c1-9(2)8-13(12(14)15)11-6-4-10(3)5-7-11/h4-7,9H,8H2,1-3H3,(H,14,15). The van der Waals surface area contributed by atoms with Crippen LogP contribution in [-0.4, -0.2) is 17.7 Å². The third kappa shape index (κ3) is 3.27. The third-order valence-electron chi connectivity index (χ3n) is 2.12. The molecular weight excluding hydrogens is 190 g/mol. The predicted molar refractivity (Wildman–Crippen MR) is 61.4 cm³/mol. The zero-order chi connectivity index (χ0) is 11.4. The zero-order valence-electron chi connectivity index (χ0n) is 9.40. The fourth-order valence-corrected chi connectivity index (χ4v) is 1.38. The lowest BCUT2D eigenvalue weighted by molar-refractivity contribution is 0.201. The Morgan fingerprint density at radius 2 is 1.87 bits per heavy atom. The summed E-state index contributed by atoms with van der Waals surface area (Å²) in [5.74, 6) is 0.322. The molecule has 0 spiro atoms. The van der Waals surface area contributed by atoms with Gasteiger partial charge in [0.05, 0.1) is 0 Å². The van der Waals surface area contributed by atoms with E-state index in [0.717, 1.165) is 11.3 Å². The van der Waals surface area contributed by atoms with Gasteiger partial charge in [-0.15, -0.1) is 0 Å². The molecule has 0 fully saturated rings. The van der Waals surface area contributed by atoms with Crippen molar-refractivity contribution in [3.63, 3.8) is 0 Å². The van der Waals surface area contributed by atoms with Gasteiger partial charge in [-0.3, -0.25) is 4.90 Å². The lowest BCUT2D eigenvalue weighted by Crippen LogP contribution is -2.32. The molecule has 0 aliphatic carbocycles. The summed E-state index contributed by atoms with van der Waals surface area (Å²) < 4.78 is 0. The van der Waals surface area contributed by atoms with Crippen molar-refractivity contribution in [2.24, 2.45) is 5.92 Å². The van der Waals surface area contributed by atoms with Crippen LogP contribution in [0.4, 0.5) is 10.5 Å². The Kier molecular flexibility index (Phi) is 3.72. The molecule has 1 rings (SSSR count). The summed E-state index contributed by atoms with van der Waals surface area (Å²) in [6.45, 7) is 6.52. The number of carbonyl (C=O) groups is 1. The molecule has 3 nitrogen and oxygen atoms in total. The minimum Gasteiger partial charge on any atom is -0.465 e. The highest BCUT2D eigenvalue weighted by atomic mass is 16.4. The largest absolute Gasteiger partial charge is 0.465 e. The lowest BCUT2D eigenvalue weighted by Gasteiger charge is -2.21. The number of carboxylic acid groups (broad SMARTS) is 1. The molecule has 1 aromatic rings. The summed E-state index contributed by atoms with van der Waals surface area (Å²) >= 11 is 0. The van der Waals surface area contributed by atoms with Gasteiger partial charge in [-0.2, -0.15) is 0 Å². The Morgan fingerprint density at radius 3 is 2.27 bits per heavy atom. The smallest absolute Gasteiger partial charge is 0.411 e. The quantitative estimate of drug-likeness (QED) is 0.827. The molecule has 0 aromatic heterocycles. The molecule has 0 aliphatic heterocycles. The number of hydrogen-bond donors (Lipinski definition) is 1. The van der Waals surface area contributed by atoms with Gasteiger partial charge in [0.1, 0.15) is 0 Å². The fourth-order valence-electron chi connectivity index (χ4n) is 1.38. The monoisotopic (exact) mass is 207 g/mol. The topological polar surface area (TPSA) is 40.5 Å². The van der Waals surface area contributed by atoms with Crippen LogP contribution < -0.4 is 4.90 Å². The average Bonchev–Trinajstić information content (AvgIpc) is 2.15. The van der Waals surface area contributed by atoms with Crippen molar-refractivity contribution in [2.75, 3.05) is 11.4 Å². The Balaban J connectivity index is 2.89. The molecule has 0 bridgehead atoms. The van der Waals surface area contributed by atoms with Gasteiger partial charge in [-0.1, -0.05) is 31.5 Å². The van der Waals surface area contributed by atoms with Crippen LogP contribution in [-0.2, 0) is 0 Å². The minimum absolute atomic E-state index is 0.322. The first-order valence-corrected chi connectivity index (χ1v) is 5.08. The van der Waals surface area contributed by atoms with E-state index in [1.807, 2.05) is 45.0 Å². The van der Waals surface area contributed by atoms with Gasteiger partial charge in [-0.05, 0) is 25.0 Å². The van der Waals surface area contributed by atoms with Crippen molar-refractivity contribution in [3.8, 4) is 0 Å². The predicted octanol–water partition coefficient (Wildman–Crippen LogP) is 3.14. The first-order valence-electron chi connectivity index (χ1n) is 5.08. The van der Waals surface area contributed by atoms with Crippen LogP contribution in [0, 0.1) is 12.8 Å². The van der Waals surface area contributed by atoms with Crippen molar-refractivity contribution in [2.45, 2.75) is 20.8 Å². The van der Waals surface area contributed by atoms with E-state index in [9.17, 15) is 4.79 Å². The summed E-state index contributed by atoms with van der Waals surface area (Å²) in [6, 6.07) is 7.52. The maximum Gasteiger partial charge on any atom is 0.411 e. The van der Waals surface area contributed by atoms with Gasteiger partial charge in [0.2, 0.25) is 0 Å². The molecule has 0 saturated heterocycles. The molecule has 0 heterocycles. The van der Waals surface area contributed by atoms with Crippen LogP contribution in [0.15, 0.2) is 24.3 Å². The van der Waals surface area contributed by atoms with E-state index in [1.54, 1.807) is 0 Å². The van der Waals surface area contributed by atoms with E-state index in [1.165, 1.54) is 4.90 Å². The van der Waals surface area contributed by atoms with Crippen LogP contribution in [0.3, 0.4) is 0 Å². The summed E-state index contributed by atoms with van der Waals surface area (Å²) in [5.41, 5.74) is 1.87. The molecule has 1 aromatic carbocycles. The van der Waals surface area contributed by atoms with Gasteiger partial charge in [0.15, 0.2) is 0 Å². The molecular formula is C12H17NO2. The van der Waals surface area contributed by atoms with Gasteiger partial charge in [0, 0.05) is 12.2 Å². The SMILES string of the molecule is Cc1ccc(N(CC(C)C)C(=O)O)cc1. The van der Waals surface area contributed by atoms with E-state index in [2.05, 4.69) is 0 Å². The number of amides is 1. The van der Waals surface area contributed by atoms with Crippen LogP contribution in [0.25, 0.3) is 0 Å². The van der Waals surface area contributed by atoms with Crippen molar-refractivity contribution >= 4 is 11.8 Å². The number of nitrogens with zero attached hydrogens (tertiary/aromatic N) is 1. The Hall–Kier alpha value is -1.51. The molecule has 0 aliphatic rings. The molecule has 82 valence electrons. The van der Waals surface area contributed by atoms with E-state index >= 15 is 0 Å². The van der Waals surface area contributed by atoms with Crippen LogP contribution in [0.2, 0.25) is 0 Å². The molecule has 3 heteroatoms. The Labute approximate surface area is 90.3 Å². The van der Waals surface area contributed by atoms with Crippen LogP contribution in [0.5, 0.6) is 0 Å². The van der Waals surface area contributed by atoms with Crippen molar-refractivity contribution < 1.29 is 9.90 Å². The maximum atomic E-state index is 11.0. The number of anilines is 1. The molecule has 0 radical (unpaired) electrons. The minimum atomic E-state index is -0.896. The average molecular weight is 207 g/mol. The van der Waals surface area contributed by atoms with Crippen molar-refractivity contribution in [3.05, 3.63) is 29.8 Å². The number of rotatable bonds is 3. The number of benzene rings is 1. The molecule has 0 atom stereocenters. The molecule has 1 N–H and O–H groups in total. The highest BCUT2D eigenvalue weighted by Gasteiger charge is 2.14. The van der Waals surface area contributed by atoms with E-state index in [4.69, 9.17) is 5.11 Å². The lowest BCUT2D eigenvalue weighted by atomic mass is 10.1. The van der Waals surface area contributed by atoms with Gasteiger partial charge in [-0.25, -0.2) is 4.79 Å². The maximum absolute atomic E-state index is 11.0. The molecule has 0 unspecified atom stereocenters. The van der Waals surface area contributed by atoms with E-state index in [0.29, 0.717) is 12.5 Å². The normalized spacial score (nSPS) is 10.4. The summed E-state index contributed by atoms with van der Waals surface area (Å²) in [5, 5.41) is 9.07. The van der Waals surface area contributed by atoms with E-state index in [-0.39, 0.29) is 0 Å². The molecule has 15 heavy (non-hydrogen) atoms. The second kappa shape index (κ2) is 4.82. The highest BCUT2D eigenvalue weighted by Crippen LogP contribution is 2.16. The number of hydrogen-bond acceptors (Lipinski definition) is 1. The van der Waals surface area contributed by atoms with Gasteiger partial charge in [0.25, 0.3) is 0 Å². The summed E-state index contributed by atoms with van der Waals surface area (Å²) in [7, 11) is 0. The van der Waals surface area contributed by atoms with Gasteiger partial charge >= 0.3 is 6.09 Å². The van der Waals surface area contributed by atoms with Crippen LogP contribution >= 0.6 is 0 Å². The Bertz CT molecular complexity index is 330. The molecule has 0 saturated carbocycles. The second-order valence-corrected chi connectivity index (χ2v) is 4.12. The third-order valence-corrected chi connectivity index (χ3v) is 2.12. The molecule has 1 amide bonds. The van der Waals surface area contributed by atoms with Gasteiger partial charge < -0.3 is 5.11 Å². The zero-order valence-corrected chi connectivity index (χ0v) is 9.40. The Morgan fingerprint density at radius 1 is 1.33 bits per heavy atom. The summed E-state index contributed by atoms with van der Waals surface area (Å²) in [4.78, 5) is 12.4. The first kappa shape index (κ1) is 11.6. The van der Waals surface area contributed by atoms with Crippen molar-refractivity contribution in [1.82, 2.24) is 0 Å². The van der Waals surface area contributed by atoms with Crippen molar-refractivity contribution in [1.29, 1.82) is 0 Å². The van der Waals surface area contributed by atoms with E-state index < -0.39 is 6.09 Å². The first-order chi connectivity index (χ1) is 7.00. The highest BCUT2D eigenvalue weighted by molar-refractivity contribution is 5.85. The van der Waals surface area contributed by atoms with Crippen LogP contribution in [0.1, 0.15) is 19.4 Å². The summed E-state index contributed by atoms with van der Waals surface area (Å²) in [6.07, 6.45) is -0.896. The number of aryl methyl sites for hydroxylation is 1. The fraction of sp³-hybridized carbons (Fsp3) is 0.417. The second-order valence-electron chi connectivity index (χ2n) is 4.12.